The van der Waals surface area contributed by atoms with Crippen LogP contribution in [0.4, 0.5) is 0 Å². The van der Waals surface area contributed by atoms with E-state index in [1.165, 1.54) is 5.56 Å². The smallest absolute Gasteiger partial charge is 0.328 e. The van der Waals surface area contributed by atoms with Crippen LogP contribution in [0.1, 0.15) is 24.0 Å². The highest BCUT2D eigenvalue weighted by molar-refractivity contribution is 5.44. The minimum absolute atomic E-state index is 0.301. The number of unbranched alkanes of at least 4 members (excludes halogenated alkanes) is 1. The summed E-state index contributed by atoms with van der Waals surface area (Å²) in [5.74, 6) is 1.68. The first-order valence-corrected chi connectivity index (χ1v) is 10.2. The van der Waals surface area contributed by atoms with Crippen LogP contribution in [0.5, 0.6) is 11.5 Å². The van der Waals surface area contributed by atoms with Crippen LogP contribution in [0.15, 0.2) is 34.0 Å². The molecule has 1 N–H and O–H groups in total. The number of nitrogens with zero attached hydrogens (tertiary/aromatic N) is 3. The van der Waals surface area contributed by atoms with Gasteiger partial charge in [-0.1, -0.05) is 6.07 Å². The van der Waals surface area contributed by atoms with Crippen molar-refractivity contribution in [1.82, 2.24) is 19.4 Å². The van der Waals surface area contributed by atoms with Gasteiger partial charge in [-0.2, -0.15) is 0 Å². The van der Waals surface area contributed by atoms with Gasteiger partial charge in [0.25, 0.3) is 5.56 Å². The van der Waals surface area contributed by atoms with E-state index in [-0.39, 0.29) is 11.2 Å². The molecule has 1 aromatic carbocycles. The van der Waals surface area contributed by atoms with E-state index >= 15 is 0 Å². The van der Waals surface area contributed by atoms with Gasteiger partial charge in [-0.15, -0.1) is 0 Å². The Morgan fingerprint density at radius 1 is 0.966 bits per heavy atom. The highest BCUT2D eigenvalue weighted by Crippen LogP contribution is 2.32. The van der Waals surface area contributed by atoms with Crippen LogP contribution in [0.25, 0.3) is 0 Å². The fourth-order valence-electron chi connectivity index (χ4n) is 3.87. The van der Waals surface area contributed by atoms with Crippen molar-refractivity contribution in [3.05, 3.63) is 56.4 Å². The summed E-state index contributed by atoms with van der Waals surface area (Å²) in [5.41, 5.74) is 1.20. The molecular formula is C21H28N4O4. The van der Waals surface area contributed by atoms with Gasteiger partial charge in [0, 0.05) is 51.0 Å². The molecule has 0 spiro atoms. The second kappa shape index (κ2) is 8.84. The molecular weight excluding hydrogens is 372 g/mol. The molecule has 1 fully saturated rings. The van der Waals surface area contributed by atoms with Gasteiger partial charge in [-0.25, -0.2) is 4.79 Å². The molecule has 8 nitrogen and oxygen atoms in total. The summed E-state index contributed by atoms with van der Waals surface area (Å²) in [6.07, 6.45) is 3.60. The number of hydrogen-bond donors (Lipinski definition) is 1. The number of piperazine rings is 1. The standard InChI is InChI=1S/C21H28N4O4/c1-16-13-25(21(27)22-20(16)26)7-3-2-6-23-8-10-24(11-9-23)14-17-4-5-18-19(12-17)29-15-28-18/h4-5,12-13H,2-3,6-11,14-15H2,1H3,(H,22,26,27). The maximum absolute atomic E-state index is 11.8. The summed E-state index contributed by atoms with van der Waals surface area (Å²) in [4.78, 5) is 30.6. The molecule has 0 aliphatic carbocycles. The SMILES string of the molecule is Cc1cn(CCCCN2CCN(Cc3ccc4c(c3)OCO4)CC2)c(=O)[nH]c1=O. The van der Waals surface area contributed by atoms with Gasteiger partial charge in [0.1, 0.15) is 0 Å². The van der Waals surface area contributed by atoms with Gasteiger partial charge in [-0.05, 0) is 44.0 Å². The number of aromatic amines is 1. The maximum atomic E-state index is 11.8. The Labute approximate surface area is 169 Å². The van der Waals surface area contributed by atoms with E-state index in [0.717, 1.165) is 63.6 Å². The second-order valence-electron chi connectivity index (χ2n) is 7.78. The van der Waals surface area contributed by atoms with E-state index < -0.39 is 0 Å². The molecule has 1 aromatic heterocycles. The number of H-pyrrole nitrogens is 1. The van der Waals surface area contributed by atoms with E-state index in [2.05, 4.69) is 26.9 Å². The van der Waals surface area contributed by atoms with E-state index in [9.17, 15) is 9.59 Å². The minimum Gasteiger partial charge on any atom is -0.454 e. The Balaban J connectivity index is 1.17. The number of benzene rings is 1. The number of nitrogens with one attached hydrogen (secondary N) is 1. The van der Waals surface area contributed by atoms with Gasteiger partial charge < -0.3 is 18.9 Å². The average molecular weight is 400 g/mol. The number of aromatic nitrogens is 2. The van der Waals surface area contributed by atoms with Gasteiger partial charge in [-0.3, -0.25) is 14.7 Å². The van der Waals surface area contributed by atoms with Crippen molar-refractivity contribution in [3.8, 4) is 11.5 Å². The van der Waals surface area contributed by atoms with Crippen molar-refractivity contribution < 1.29 is 9.47 Å². The van der Waals surface area contributed by atoms with Crippen LogP contribution in [0.2, 0.25) is 0 Å². The lowest BCUT2D eigenvalue weighted by Gasteiger charge is -2.34. The Morgan fingerprint density at radius 2 is 1.69 bits per heavy atom. The monoisotopic (exact) mass is 400 g/mol. The third kappa shape index (κ3) is 4.89. The van der Waals surface area contributed by atoms with Crippen molar-refractivity contribution in [2.45, 2.75) is 32.9 Å². The zero-order valence-electron chi connectivity index (χ0n) is 16.9. The molecule has 8 heteroatoms. The molecule has 1 saturated heterocycles. The first-order chi connectivity index (χ1) is 14.1. The second-order valence-corrected chi connectivity index (χ2v) is 7.78. The molecule has 0 radical (unpaired) electrons. The van der Waals surface area contributed by atoms with Crippen LogP contribution in [-0.4, -0.2) is 58.9 Å². The summed E-state index contributed by atoms with van der Waals surface area (Å²) in [7, 11) is 0. The summed E-state index contributed by atoms with van der Waals surface area (Å²) in [5, 5.41) is 0. The van der Waals surface area contributed by atoms with Gasteiger partial charge in [0.2, 0.25) is 6.79 Å². The average Bonchev–Trinajstić information content (AvgIpc) is 3.18. The third-order valence-corrected chi connectivity index (χ3v) is 5.62. The molecule has 0 atom stereocenters. The van der Waals surface area contributed by atoms with Crippen molar-refractivity contribution in [2.75, 3.05) is 39.5 Å². The van der Waals surface area contributed by atoms with Gasteiger partial charge >= 0.3 is 5.69 Å². The van der Waals surface area contributed by atoms with Gasteiger partial charge in [0.05, 0.1) is 0 Å². The predicted octanol–water partition coefficient (Wildman–Crippen LogP) is 1.17. The Hall–Kier alpha value is -2.58. The molecule has 2 aliphatic heterocycles. The summed E-state index contributed by atoms with van der Waals surface area (Å²) in [6, 6.07) is 6.18. The zero-order chi connectivity index (χ0) is 20.2. The predicted molar refractivity (Wildman–Crippen MR) is 110 cm³/mol. The number of fused-ring (bicyclic) bond motifs is 1. The van der Waals surface area contributed by atoms with Crippen molar-refractivity contribution >= 4 is 0 Å². The van der Waals surface area contributed by atoms with E-state index in [1.807, 2.05) is 6.07 Å². The number of hydrogen-bond acceptors (Lipinski definition) is 6. The molecule has 2 aliphatic rings. The molecule has 0 bridgehead atoms. The zero-order valence-corrected chi connectivity index (χ0v) is 16.9. The largest absolute Gasteiger partial charge is 0.454 e. The summed E-state index contributed by atoms with van der Waals surface area (Å²) < 4.78 is 12.4. The fraction of sp³-hybridized carbons (Fsp3) is 0.524. The number of ether oxygens (including phenoxy) is 2. The minimum atomic E-state index is -0.322. The van der Waals surface area contributed by atoms with Crippen LogP contribution in [0.3, 0.4) is 0 Å². The number of rotatable bonds is 7. The maximum Gasteiger partial charge on any atom is 0.328 e. The van der Waals surface area contributed by atoms with Crippen LogP contribution in [0, 0.1) is 6.92 Å². The van der Waals surface area contributed by atoms with Gasteiger partial charge in [0.15, 0.2) is 11.5 Å². The lowest BCUT2D eigenvalue weighted by molar-refractivity contribution is 0.125. The molecule has 0 unspecified atom stereocenters. The number of aryl methyl sites for hydroxylation is 2. The Bertz CT molecular complexity index is 960. The highest BCUT2D eigenvalue weighted by atomic mass is 16.7. The summed E-state index contributed by atoms with van der Waals surface area (Å²) >= 11 is 0. The first-order valence-electron chi connectivity index (χ1n) is 10.2. The Morgan fingerprint density at radius 3 is 2.52 bits per heavy atom. The Kier molecular flexibility index (Phi) is 6.01. The van der Waals surface area contributed by atoms with E-state index in [4.69, 9.17) is 9.47 Å². The van der Waals surface area contributed by atoms with Crippen LogP contribution in [-0.2, 0) is 13.1 Å². The fourth-order valence-corrected chi connectivity index (χ4v) is 3.87. The lowest BCUT2D eigenvalue weighted by Crippen LogP contribution is -2.46. The van der Waals surface area contributed by atoms with Crippen molar-refractivity contribution in [3.63, 3.8) is 0 Å². The highest BCUT2D eigenvalue weighted by Gasteiger charge is 2.18. The normalized spacial score (nSPS) is 17.0. The molecule has 0 amide bonds. The van der Waals surface area contributed by atoms with Crippen molar-refractivity contribution in [1.29, 1.82) is 0 Å². The lowest BCUT2D eigenvalue weighted by atomic mass is 10.1. The van der Waals surface area contributed by atoms with Crippen LogP contribution < -0.4 is 20.7 Å². The molecule has 156 valence electrons. The quantitative estimate of drug-likeness (QED) is 0.703. The third-order valence-electron chi connectivity index (χ3n) is 5.62. The van der Waals surface area contributed by atoms with E-state index in [0.29, 0.717) is 18.9 Å². The topological polar surface area (TPSA) is 79.8 Å². The van der Waals surface area contributed by atoms with E-state index in [1.54, 1.807) is 17.7 Å². The molecule has 4 rings (SSSR count). The summed E-state index contributed by atoms with van der Waals surface area (Å²) in [6.45, 7) is 8.85. The van der Waals surface area contributed by atoms with Crippen LogP contribution >= 0.6 is 0 Å². The van der Waals surface area contributed by atoms with Crippen molar-refractivity contribution in [2.24, 2.45) is 0 Å². The molecule has 29 heavy (non-hydrogen) atoms. The molecule has 3 heterocycles. The first kappa shape index (κ1) is 19.7. The molecule has 0 saturated carbocycles. The molecule has 2 aromatic rings.